The first-order valence-corrected chi connectivity index (χ1v) is 7.98. The Kier molecular flexibility index (Phi) is 3.78. The fraction of sp³-hybridized carbons (Fsp3) is 0.312. The number of hydrogen-bond acceptors (Lipinski definition) is 6. The van der Waals surface area contributed by atoms with Gasteiger partial charge in [0.1, 0.15) is 12.1 Å². The normalized spacial score (nSPS) is 14.8. The highest BCUT2D eigenvalue weighted by Gasteiger charge is 2.16. The number of anilines is 1. The highest BCUT2D eigenvalue weighted by molar-refractivity contribution is 5.56. The minimum atomic E-state index is -0.258. The van der Waals surface area contributed by atoms with E-state index in [1.807, 2.05) is 6.07 Å². The molecule has 0 radical (unpaired) electrons. The number of aromatic amines is 1. The van der Waals surface area contributed by atoms with Crippen molar-refractivity contribution in [3.05, 3.63) is 47.3 Å². The van der Waals surface area contributed by atoms with Crippen LogP contribution in [0, 0.1) is 0 Å². The molecule has 1 aliphatic rings. The van der Waals surface area contributed by atoms with Crippen LogP contribution in [0.2, 0.25) is 0 Å². The molecule has 1 fully saturated rings. The van der Waals surface area contributed by atoms with E-state index in [1.54, 1.807) is 24.5 Å². The van der Waals surface area contributed by atoms with E-state index in [9.17, 15) is 4.79 Å². The van der Waals surface area contributed by atoms with E-state index < -0.39 is 0 Å². The molecular weight excluding hydrogens is 306 g/mol. The maximum Gasteiger partial charge on any atom is 0.300 e. The largest absolute Gasteiger partial charge is 0.356 e. The van der Waals surface area contributed by atoms with E-state index >= 15 is 0 Å². The van der Waals surface area contributed by atoms with Crippen molar-refractivity contribution < 1.29 is 0 Å². The Balaban J connectivity index is 1.70. The van der Waals surface area contributed by atoms with Crippen LogP contribution in [-0.4, -0.2) is 43.0 Å². The predicted molar refractivity (Wildman–Crippen MR) is 89.1 cm³/mol. The maximum absolute atomic E-state index is 12.6. The van der Waals surface area contributed by atoms with Crippen molar-refractivity contribution >= 4 is 5.82 Å². The summed E-state index contributed by atoms with van der Waals surface area (Å²) in [6.45, 7) is 1.96. The van der Waals surface area contributed by atoms with Gasteiger partial charge < -0.3 is 4.90 Å². The Labute approximate surface area is 138 Å². The lowest BCUT2D eigenvalue weighted by molar-refractivity contribution is 0.572. The van der Waals surface area contributed by atoms with E-state index in [2.05, 4.69) is 30.2 Å². The fourth-order valence-electron chi connectivity index (χ4n) is 2.90. The van der Waals surface area contributed by atoms with Gasteiger partial charge in [-0.05, 0) is 31.4 Å². The van der Waals surface area contributed by atoms with Gasteiger partial charge >= 0.3 is 5.56 Å². The lowest BCUT2D eigenvalue weighted by atomic mass is 10.1. The van der Waals surface area contributed by atoms with Crippen LogP contribution < -0.4 is 10.5 Å². The molecule has 8 heteroatoms. The SMILES string of the molecule is O=c1c(-c2cccnc2)n[nH]n1-c1cc(N2CCCCC2)ncn1. The third-order valence-corrected chi connectivity index (χ3v) is 4.15. The van der Waals surface area contributed by atoms with Crippen molar-refractivity contribution in [1.29, 1.82) is 0 Å². The first kappa shape index (κ1) is 14.6. The van der Waals surface area contributed by atoms with Gasteiger partial charge in [-0.25, -0.2) is 15.2 Å². The summed E-state index contributed by atoms with van der Waals surface area (Å²) in [5, 5.41) is 6.85. The summed E-state index contributed by atoms with van der Waals surface area (Å²) in [5.74, 6) is 1.32. The summed E-state index contributed by atoms with van der Waals surface area (Å²) in [4.78, 5) is 27.4. The Bertz CT molecular complexity index is 881. The molecule has 24 heavy (non-hydrogen) atoms. The molecule has 3 aromatic rings. The van der Waals surface area contributed by atoms with Crippen molar-refractivity contribution in [2.75, 3.05) is 18.0 Å². The van der Waals surface area contributed by atoms with Gasteiger partial charge in [0.2, 0.25) is 0 Å². The number of nitrogens with zero attached hydrogens (tertiary/aromatic N) is 6. The van der Waals surface area contributed by atoms with Gasteiger partial charge in [0.15, 0.2) is 11.5 Å². The molecule has 1 aliphatic heterocycles. The van der Waals surface area contributed by atoms with Crippen LogP contribution in [0.5, 0.6) is 0 Å². The Morgan fingerprint density at radius 2 is 1.92 bits per heavy atom. The number of aromatic nitrogens is 6. The van der Waals surface area contributed by atoms with E-state index in [1.165, 1.54) is 17.4 Å². The predicted octanol–water partition coefficient (Wildman–Crippen LogP) is 1.40. The highest BCUT2D eigenvalue weighted by Crippen LogP contribution is 2.18. The zero-order valence-electron chi connectivity index (χ0n) is 13.1. The van der Waals surface area contributed by atoms with Gasteiger partial charge in [-0.2, -0.15) is 9.78 Å². The molecule has 8 nitrogen and oxygen atoms in total. The van der Waals surface area contributed by atoms with Crippen LogP contribution in [-0.2, 0) is 0 Å². The molecule has 122 valence electrons. The van der Waals surface area contributed by atoms with Crippen LogP contribution in [0.3, 0.4) is 0 Å². The molecule has 0 aliphatic carbocycles. The second kappa shape index (κ2) is 6.23. The molecule has 0 aromatic carbocycles. The molecule has 0 bridgehead atoms. The van der Waals surface area contributed by atoms with Gasteiger partial charge in [-0.3, -0.25) is 9.78 Å². The van der Waals surface area contributed by atoms with Crippen molar-refractivity contribution in [3.8, 4) is 17.1 Å². The average Bonchev–Trinajstić information content (AvgIpc) is 3.05. The van der Waals surface area contributed by atoms with Crippen LogP contribution in [0.1, 0.15) is 19.3 Å². The van der Waals surface area contributed by atoms with Crippen molar-refractivity contribution in [2.24, 2.45) is 0 Å². The summed E-state index contributed by atoms with van der Waals surface area (Å²) in [6.07, 6.45) is 8.33. The van der Waals surface area contributed by atoms with Crippen molar-refractivity contribution in [2.45, 2.75) is 19.3 Å². The number of rotatable bonds is 3. The number of piperidine rings is 1. The number of nitrogens with one attached hydrogen (secondary N) is 1. The monoisotopic (exact) mass is 323 g/mol. The highest BCUT2D eigenvalue weighted by atomic mass is 16.1. The van der Waals surface area contributed by atoms with Crippen LogP contribution >= 0.6 is 0 Å². The van der Waals surface area contributed by atoms with E-state index in [-0.39, 0.29) is 5.56 Å². The zero-order chi connectivity index (χ0) is 16.4. The molecule has 0 unspecified atom stereocenters. The molecule has 1 N–H and O–H groups in total. The molecule has 4 rings (SSSR count). The first-order valence-electron chi connectivity index (χ1n) is 7.98. The van der Waals surface area contributed by atoms with Crippen LogP contribution in [0.15, 0.2) is 41.7 Å². The molecule has 0 saturated carbocycles. The van der Waals surface area contributed by atoms with Gasteiger partial charge in [0, 0.05) is 37.1 Å². The molecule has 0 atom stereocenters. The first-order chi connectivity index (χ1) is 11.8. The van der Waals surface area contributed by atoms with Crippen molar-refractivity contribution in [1.82, 2.24) is 29.9 Å². The Morgan fingerprint density at radius 3 is 2.71 bits per heavy atom. The van der Waals surface area contributed by atoms with E-state index in [0.29, 0.717) is 17.1 Å². The maximum atomic E-state index is 12.6. The minimum absolute atomic E-state index is 0.258. The van der Waals surface area contributed by atoms with E-state index in [4.69, 9.17) is 0 Å². The molecule has 0 amide bonds. The Hall–Kier alpha value is -3.03. The molecular formula is C16H17N7O. The van der Waals surface area contributed by atoms with Gasteiger partial charge in [-0.1, -0.05) is 0 Å². The zero-order valence-corrected chi connectivity index (χ0v) is 13.1. The summed E-state index contributed by atoms with van der Waals surface area (Å²) < 4.78 is 1.33. The second-order valence-electron chi connectivity index (χ2n) is 5.72. The summed E-state index contributed by atoms with van der Waals surface area (Å²) in [5.41, 5.74) is 0.732. The summed E-state index contributed by atoms with van der Waals surface area (Å²) in [7, 11) is 0. The van der Waals surface area contributed by atoms with E-state index in [0.717, 1.165) is 31.7 Å². The van der Waals surface area contributed by atoms with Gasteiger partial charge in [0.25, 0.3) is 0 Å². The minimum Gasteiger partial charge on any atom is -0.356 e. The number of pyridine rings is 1. The second-order valence-corrected chi connectivity index (χ2v) is 5.72. The smallest absolute Gasteiger partial charge is 0.300 e. The third kappa shape index (κ3) is 2.66. The van der Waals surface area contributed by atoms with Gasteiger partial charge in [-0.15, -0.1) is 0 Å². The standard InChI is InChI=1S/C16H17N7O/c24-16-15(12-5-4-6-17-10-12)20-21-23(16)14-9-13(18-11-19-14)22-7-2-1-3-8-22/h4-6,9-11,21H,1-3,7-8H2. The molecule has 3 aromatic heterocycles. The number of H-pyrrole nitrogens is 1. The van der Waals surface area contributed by atoms with Crippen molar-refractivity contribution in [3.63, 3.8) is 0 Å². The van der Waals surface area contributed by atoms with Crippen LogP contribution in [0.4, 0.5) is 5.82 Å². The van der Waals surface area contributed by atoms with Crippen LogP contribution in [0.25, 0.3) is 17.1 Å². The lowest BCUT2D eigenvalue weighted by Gasteiger charge is -2.27. The molecule has 4 heterocycles. The average molecular weight is 323 g/mol. The van der Waals surface area contributed by atoms with Gasteiger partial charge in [0.05, 0.1) is 0 Å². The topological polar surface area (TPSA) is 92.6 Å². The summed E-state index contributed by atoms with van der Waals surface area (Å²) >= 11 is 0. The fourth-order valence-corrected chi connectivity index (χ4v) is 2.90. The third-order valence-electron chi connectivity index (χ3n) is 4.15. The Morgan fingerprint density at radius 1 is 1.08 bits per heavy atom. The molecule has 1 saturated heterocycles. The molecule has 0 spiro atoms. The quantitative estimate of drug-likeness (QED) is 0.783. The summed E-state index contributed by atoms with van der Waals surface area (Å²) in [6, 6.07) is 5.39. The number of hydrogen-bond donors (Lipinski definition) is 1. The lowest BCUT2D eigenvalue weighted by Crippen LogP contribution is -2.30.